The molecule has 0 aliphatic carbocycles. The van der Waals surface area contributed by atoms with Crippen molar-refractivity contribution >= 4 is 15.9 Å². The number of imidazole rings is 1. The fraction of sp³-hybridized carbons (Fsp3) is 0.357. The lowest BCUT2D eigenvalue weighted by molar-refractivity contribution is 0.712. The number of rotatable bonds is 2. The van der Waals surface area contributed by atoms with Crippen molar-refractivity contribution in [3.05, 3.63) is 46.5 Å². The molecule has 1 aliphatic heterocycles. The van der Waals surface area contributed by atoms with E-state index >= 15 is 0 Å². The van der Waals surface area contributed by atoms with E-state index in [1.165, 1.54) is 23.4 Å². The molecule has 1 aromatic heterocycles. The summed E-state index contributed by atoms with van der Waals surface area (Å²) in [6.45, 7) is 4.29. The Bertz CT molecular complexity index is 556. The SMILES string of the molecule is Cc1c(Br)cccc1-n1cncc1C1CCNC1. The first-order chi connectivity index (χ1) is 8.77. The van der Waals surface area contributed by atoms with Crippen molar-refractivity contribution in [2.45, 2.75) is 19.3 Å². The highest BCUT2D eigenvalue weighted by Crippen LogP contribution is 2.28. The smallest absolute Gasteiger partial charge is 0.0994 e. The van der Waals surface area contributed by atoms with Crippen molar-refractivity contribution in [1.29, 1.82) is 0 Å². The van der Waals surface area contributed by atoms with Gasteiger partial charge in [-0.15, -0.1) is 0 Å². The van der Waals surface area contributed by atoms with Gasteiger partial charge in [0.1, 0.15) is 0 Å². The van der Waals surface area contributed by atoms with Gasteiger partial charge in [-0.05, 0) is 37.6 Å². The van der Waals surface area contributed by atoms with E-state index in [2.05, 4.69) is 55.9 Å². The summed E-state index contributed by atoms with van der Waals surface area (Å²) in [7, 11) is 0. The minimum absolute atomic E-state index is 0.575. The zero-order valence-corrected chi connectivity index (χ0v) is 11.9. The molecule has 1 aromatic carbocycles. The summed E-state index contributed by atoms with van der Waals surface area (Å²) in [6, 6.07) is 6.29. The van der Waals surface area contributed by atoms with E-state index in [4.69, 9.17) is 0 Å². The molecule has 1 aliphatic rings. The summed E-state index contributed by atoms with van der Waals surface area (Å²) in [5.41, 5.74) is 3.77. The second-order valence-electron chi connectivity index (χ2n) is 4.76. The van der Waals surface area contributed by atoms with E-state index in [0.29, 0.717) is 5.92 Å². The molecule has 94 valence electrons. The van der Waals surface area contributed by atoms with Crippen molar-refractivity contribution < 1.29 is 0 Å². The minimum Gasteiger partial charge on any atom is -0.316 e. The third kappa shape index (κ3) is 1.99. The molecule has 2 heterocycles. The lowest BCUT2D eigenvalue weighted by Gasteiger charge is -2.15. The average Bonchev–Trinajstić information content (AvgIpc) is 3.01. The highest BCUT2D eigenvalue weighted by atomic mass is 79.9. The van der Waals surface area contributed by atoms with Gasteiger partial charge in [-0.25, -0.2) is 4.98 Å². The van der Waals surface area contributed by atoms with Crippen LogP contribution in [0, 0.1) is 6.92 Å². The van der Waals surface area contributed by atoms with Gasteiger partial charge in [-0.1, -0.05) is 22.0 Å². The molecule has 1 saturated heterocycles. The first-order valence-electron chi connectivity index (χ1n) is 6.26. The molecular weight excluding hydrogens is 290 g/mol. The molecule has 0 bridgehead atoms. The molecule has 0 spiro atoms. The predicted molar refractivity (Wildman–Crippen MR) is 76.2 cm³/mol. The van der Waals surface area contributed by atoms with Crippen LogP contribution in [0.4, 0.5) is 0 Å². The van der Waals surface area contributed by atoms with Gasteiger partial charge >= 0.3 is 0 Å². The van der Waals surface area contributed by atoms with E-state index in [-0.39, 0.29) is 0 Å². The van der Waals surface area contributed by atoms with Gasteiger partial charge < -0.3 is 9.88 Å². The van der Waals surface area contributed by atoms with Crippen molar-refractivity contribution in [3.63, 3.8) is 0 Å². The van der Waals surface area contributed by atoms with Crippen LogP contribution in [0.15, 0.2) is 35.2 Å². The Hall–Kier alpha value is -1.13. The average molecular weight is 306 g/mol. The molecule has 0 amide bonds. The van der Waals surface area contributed by atoms with Crippen LogP contribution in [0.25, 0.3) is 5.69 Å². The van der Waals surface area contributed by atoms with Crippen molar-refractivity contribution in [3.8, 4) is 5.69 Å². The lowest BCUT2D eigenvalue weighted by Crippen LogP contribution is -2.11. The Balaban J connectivity index is 2.06. The third-order valence-electron chi connectivity index (χ3n) is 3.64. The normalized spacial score (nSPS) is 19.3. The Morgan fingerprint density at radius 1 is 1.44 bits per heavy atom. The van der Waals surface area contributed by atoms with Crippen LogP contribution in [0.2, 0.25) is 0 Å². The zero-order valence-electron chi connectivity index (χ0n) is 10.4. The highest BCUT2D eigenvalue weighted by molar-refractivity contribution is 9.10. The van der Waals surface area contributed by atoms with E-state index < -0.39 is 0 Å². The summed E-state index contributed by atoms with van der Waals surface area (Å²) in [6.07, 6.45) is 5.11. The van der Waals surface area contributed by atoms with Crippen LogP contribution < -0.4 is 5.32 Å². The van der Waals surface area contributed by atoms with Crippen LogP contribution in [-0.2, 0) is 0 Å². The van der Waals surface area contributed by atoms with Gasteiger partial charge in [0, 0.05) is 28.8 Å². The molecule has 1 unspecified atom stereocenters. The summed E-state index contributed by atoms with van der Waals surface area (Å²) in [5, 5.41) is 3.41. The maximum absolute atomic E-state index is 4.33. The number of halogens is 1. The van der Waals surface area contributed by atoms with E-state index in [9.17, 15) is 0 Å². The lowest BCUT2D eigenvalue weighted by atomic mass is 10.0. The molecule has 3 nitrogen and oxygen atoms in total. The summed E-state index contributed by atoms with van der Waals surface area (Å²) < 4.78 is 3.36. The fourth-order valence-corrected chi connectivity index (χ4v) is 2.93. The summed E-state index contributed by atoms with van der Waals surface area (Å²) in [5.74, 6) is 0.575. The molecule has 18 heavy (non-hydrogen) atoms. The van der Waals surface area contributed by atoms with Gasteiger partial charge in [-0.3, -0.25) is 0 Å². The fourth-order valence-electron chi connectivity index (χ4n) is 2.57. The van der Waals surface area contributed by atoms with Gasteiger partial charge in [-0.2, -0.15) is 0 Å². The van der Waals surface area contributed by atoms with Gasteiger partial charge in [0.05, 0.1) is 12.0 Å². The van der Waals surface area contributed by atoms with Crippen LogP contribution in [-0.4, -0.2) is 22.6 Å². The number of hydrogen-bond donors (Lipinski definition) is 1. The summed E-state index contributed by atoms with van der Waals surface area (Å²) >= 11 is 3.59. The first kappa shape index (κ1) is 11.9. The van der Waals surface area contributed by atoms with Crippen LogP contribution in [0.1, 0.15) is 23.6 Å². The Morgan fingerprint density at radius 3 is 3.11 bits per heavy atom. The molecular formula is C14H16BrN3. The van der Waals surface area contributed by atoms with E-state index in [0.717, 1.165) is 17.6 Å². The monoisotopic (exact) mass is 305 g/mol. The van der Waals surface area contributed by atoms with Crippen molar-refractivity contribution in [1.82, 2.24) is 14.9 Å². The van der Waals surface area contributed by atoms with Crippen LogP contribution in [0.3, 0.4) is 0 Å². The molecule has 0 saturated carbocycles. The maximum atomic E-state index is 4.33. The quantitative estimate of drug-likeness (QED) is 0.924. The standard InChI is InChI=1S/C14H16BrN3/c1-10-12(15)3-2-4-13(10)18-9-17-8-14(18)11-5-6-16-7-11/h2-4,8-9,11,16H,5-7H2,1H3. The molecule has 1 fully saturated rings. The number of aromatic nitrogens is 2. The van der Waals surface area contributed by atoms with E-state index in [1.807, 2.05) is 12.5 Å². The molecule has 2 aromatic rings. The molecule has 4 heteroatoms. The minimum atomic E-state index is 0.575. The van der Waals surface area contributed by atoms with E-state index in [1.54, 1.807) is 0 Å². The van der Waals surface area contributed by atoms with Gasteiger partial charge in [0.25, 0.3) is 0 Å². The number of nitrogens with zero attached hydrogens (tertiary/aromatic N) is 2. The topological polar surface area (TPSA) is 29.9 Å². The van der Waals surface area contributed by atoms with Crippen molar-refractivity contribution in [2.75, 3.05) is 13.1 Å². The number of hydrogen-bond acceptors (Lipinski definition) is 2. The summed E-state index contributed by atoms with van der Waals surface area (Å²) in [4.78, 5) is 4.33. The van der Waals surface area contributed by atoms with Crippen molar-refractivity contribution in [2.24, 2.45) is 0 Å². The molecule has 0 radical (unpaired) electrons. The molecule has 1 atom stereocenters. The van der Waals surface area contributed by atoms with Crippen LogP contribution >= 0.6 is 15.9 Å². The molecule has 1 N–H and O–H groups in total. The Labute approximate surface area is 115 Å². The zero-order chi connectivity index (χ0) is 12.5. The van der Waals surface area contributed by atoms with Gasteiger partial charge in [0.2, 0.25) is 0 Å². The first-order valence-corrected chi connectivity index (χ1v) is 7.05. The Morgan fingerprint density at radius 2 is 2.33 bits per heavy atom. The third-order valence-corrected chi connectivity index (χ3v) is 4.50. The second kappa shape index (κ2) is 4.86. The predicted octanol–water partition coefficient (Wildman–Crippen LogP) is 3.02. The maximum Gasteiger partial charge on any atom is 0.0994 e. The number of benzene rings is 1. The second-order valence-corrected chi connectivity index (χ2v) is 5.62. The largest absolute Gasteiger partial charge is 0.316 e. The highest BCUT2D eigenvalue weighted by Gasteiger charge is 2.21. The molecule has 3 rings (SSSR count). The Kier molecular flexibility index (Phi) is 3.22. The van der Waals surface area contributed by atoms with Gasteiger partial charge in [0.15, 0.2) is 0 Å². The number of nitrogens with one attached hydrogen (secondary N) is 1. The van der Waals surface area contributed by atoms with Crippen LogP contribution in [0.5, 0.6) is 0 Å².